The van der Waals surface area contributed by atoms with E-state index in [0.29, 0.717) is 0 Å². The lowest BCUT2D eigenvalue weighted by Crippen LogP contribution is -1.84. The Morgan fingerprint density at radius 2 is 2.00 bits per heavy atom. The molecule has 80 valence electrons. The summed E-state index contributed by atoms with van der Waals surface area (Å²) in [6.45, 7) is 2.26. The van der Waals surface area contributed by atoms with Gasteiger partial charge in [0.15, 0.2) is 0 Å². The third kappa shape index (κ3) is 2.70. The molecule has 0 aliphatic heterocycles. The first-order valence-electron chi connectivity index (χ1n) is 5.52. The maximum Gasteiger partial charge on any atom is 0.0474 e. The van der Waals surface area contributed by atoms with Gasteiger partial charge in [0, 0.05) is 9.75 Å². The summed E-state index contributed by atoms with van der Waals surface area (Å²) in [4.78, 5) is 2.91. The van der Waals surface area contributed by atoms with Crippen LogP contribution in [0.15, 0.2) is 29.0 Å². The Morgan fingerprint density at radius 3 is 2.73 bits per heavy atom. The first-order valence-corrected chi connectivity index (χ1v) is 7.28. The van der Waals surface area contributed by atoms with Crippen LogP contribution in [0.5, 0.6) is 0 Å². The molecule has 15 heavy (non-hydrogen) atoms. The minimum atomic E-state index is 1.24. The Morgan fingerprint density at radius 1 is 1.07 bits per heavy atom. The summed E-state index contributed by atoms with van der Waals surface area (Å²) in [7, 11) is 0. The van der Waals surface area contributed by atoms with Crippen LogP contribution in [-0.2, 0) is 6.42 Å². The Bertz CT molecular complexity index is 384. The Kier molecular flexibility index (Phi) is 3.98. The highest BCUT2D eigenvalue weighted by molar-refractivity contribution is 7.20. The second-order valence-corrected chi connectivity index (χ2v) is 5.57. The molecule has 0 aliphatic rings. The zero-order chi connectivity index (χ0) is 10.5. The van der Waals surface area contributed by atoms with E-state index in [-0.39, 0.29) is 0 Å². The lowest BCUT2D eigenvalue weighted by molar-refractivity contribution is 0.719. The van der Waals surface area contributed by atoms with Crippen LogP contribution in [0.25, 0.3) is 9.75 Å². The summed E-state index contributed by atoms with van der Waals surface area (Å²) >= 11 is 3.72. The smallest absolute Gasteiger partial charge is 0.0474 e. The molecule has 2 heterocycles. The van der Waals surface area contributed by atoms with Crippen LogP contribution in [0.3, 0.4) is 0 Å². The average molecular weight is 236 g/mol. The van der Waals surface area contributed by atoms with Crippen LogP contribution in [0, 0.1) is 0 Å². The van der Waals surface area contributed by atoms with Crippen molar-refractivity contribution < 1.29 is 0 Å². The molecular weight excluding hydrogens is 220 g/mol. The zero-order valence-electron chi connectivity index (χ0n) is 9.03. The molecule has 0 aliphatic carbocycles. The van der Waals surface area contributed by atoms with Gasteiger partial charge in [0.25, 0.3) is 0 Å². The third-order valence-electron chi connectivity index (χ3n) is 2.54. The second kappa shape index (κ2) is 5.47. The van der Waals surface area contributed by atoms with Crippen molar-refractivity contribution in [1.29, 1.82) is 0 Å². The number of hydrogen-bond donors (Lipinski definition) is 0. The van der Waals surface area contributed by atoms with Gasteiger partial charge in [-0.05, 0) is 41.3 Å². The van der Waals surface area contributed by atoms with E-state index in [1.807, 2.05) is 22.7 Å². The van der Waals surface area contributed by atoms with Gasteiger partial charge in [0.1, 0.15) is 0 Å². The topological polar surface area (TPSA) is 0 Å². The maximum absolute atomic E-state index is 2.29. The van der Waals surface area contributed by atoms with Gasteiger partial charge >= 0.3 is 0 Å². The minimum Gasteiger partial charge on any atom is -0.143 e. The highest BCUT2D eigenvalue weighted by Crippen LogP contribution is 2.33. The quantitative estimate of drug-likeness (QED) is 0.625. The molecule has 0 radical (unpaired) electrons. The van der Waals surface area contributed by atoms with Crippen LogP contribution in [0.4, 0.5) is 0 Å². The summed E-state index contributed by atoms with van der Waals surface area (Å²) in [5, 5.41) is 4.38. The van der Waals surface area contributed by atoms with Crippen LogP contribution in [-0.4, -0.2) is 0 Å². The lowest BCUT2D eigenvalue weighted by atomic mass is 10.1. The number of aryl methyl sites for hydroxylation is 1. The van der Waals surface area contributed by atoms with Gasteiger partial charge in [-0.15, -0.1) is 22.7 Å². The highest BCUT2D eigenvalue weighted by Gasteiger charge is 2.06. The van der Waals surface area contributed by atoms with Crippen molar-refractivity contribution in [3.05, 3.63) is 34.5 Å². The fraction of sp³-hybridized carbons (Fsp3) is 0.385. The Hall–Kier alpha value is -0.600. The van der Waals surface area contributed by atoms with Crippen molar-refractivity contribution in [3.8, 4) is 9.75 Å². The zero-order valence-corrected chi connectivity index (χ0v) is 10.7. The van der Waals surface area contributed by atoms with Crippen LogP contribution >= 0.6 is 22.7 Å². The van der Waals surface area contributed by atoms with Gasteiger partial charge in [-0.25, -0.2) is 0 Å². The highest BCUT2D eigenvalue weighted by atomic mass is 32.1. The number of hydrogen-bond acceptors (Lipinski definition) is 2. The molecule has 0 saturated heterocycles. The average Bonchev–Trinajstić information content (AvgIpc) is 2.87. The largest absolute Gasteiger partial charge is 0.143 e. The van der Waals surface area contributed by atoms with E-state index in [4.69, 9.17) is 0 Å². The SMILES string of the molecule is CCCCCc1ccsc1-c1cccs1. The minimum absolute atomic E-state index is 1.24. The number of rotatable bonds is 5. The van der Waals surface area contributed by atoms with Crippen LogP contribution in [0.2, 0.25) is 0 Å². The maximum atomic E-state index is 2.29. The van der Waals surface area contributed by atoms with E-state index in [1.165, 1.54) is 41.0 Å². The first kappa shape index (κ1) is 10.9. The summed E-state index contributed by atoms with van der Waals surface area (Å²) in [5.74, 6) is 0. The van der Waals surface area contributed by atoms with Gasteiger partial charge in [-0.2, -0.15) is 0 Å². The molecule has 0 bridgehead atoms. The summed E-state index contributed by atoms with van der Waals surface area (Å²) in [6.07, 6.45) is 5.22. The molecule has 0 nitrogen and oxygen atoms in total. The standard InChI is InChI=1S/C13H16S2/c1-2-3-4-6-11-8-10-15-13(11)12-7-5-9-14-12/h5,7-10H,2-4,6H2,1H3. The molecule has 0 saturated carbocycles. The van der Waals surface area contributed by atoms with E-state index in [1.54, 1.807) is 0 Å². The predicted octanol–water partition coefficient (Wildman–Crippen LogP) is 5.21. The van der Waals surface area contributed by atoms with Gasteiger partial charge in [-0.1, -0.05) is 25.8 Å². The van der Waals surface area contributed by atoms with Crippen LogP contribution < -0.4 is 0 Å². The van der Waals surface area contributed by atoms with E-state index >= 15 is 0 Å². The van der Waals surface area contributed by atoms with Crippen molar-refractivity contribution in [2.24, 2.45) is 0 Å². The number of unbranched alkanes of at least 4 members (excludes halogenated alkanes) is 2. The Balaban J connectivity index is 2.09. The molecule has 0 fully saturated rings. The molecular formula is C13H16S2. The molecule has 2 heteroatoms. The second-order valence-electron chi connectivity index (χ2n) is 3.71. The fourth-order valence-corrected chi connectivity index (χ4v) is 3.58. The van der Waals surface area contributed by atoms with Crippen molar-refractivity contribution in [1.82, 2.24) is 0 Å². The van der Waals surface area contributed by atoms with Gasteiger partial charge in [0.2, 0.25) is 0 Å². The summed E-state index contributed by atoms with van der Waals surface area (Å²) in [6, 6.07) is 6.64. The lowest BCUT2D eigenvalue weighted by Gasteiger charge is -2.00. The van der Waals surface area contributed by atoms with Crippen molar-refractivity contribution >= 4 is 22.7 Å². The monoisotopic (exact) mass is 236 g/mol. The summed E-state index contributed by atoms with van der Waals surface area (Å²) in [5.41, 5.74) is 1.54. The van der Waals surface area contributed by atoms with Crippen molar-refractivity contribution in [3.63, 3.8) is 0 Å². The van der Waals surface area contributed by atoms with E-state index in [0.717, 1.165) is 0 Å². The molecule has 0 amide bonds. The molecule has 0 spiro atoms. The predicted molar refractivity (Wildman–Crippen MR) is 70.9 cm³/mol. The van der Waals surface area contributed by atoms with Crippen molar-refractivity contribution in [2.45, 2.75) is 32.6 Å². The third-order valence-corrected chi connectivity index (χ3v) is 4.55. The Labute approximate surface area is 99.6 Å². The number of thiophene rings is 2. The van der Waals surface area contributed by atoms with Crippen molar-refractivity contribution in [2.75, 3.05) is 0 Å². The van der Waals surface area contributed by atoms with Gasteiger partial charge in [0.05, 0.1) is 0 Å². The molecule has 2 rings (SSSR count). The van der Waals surface area contributed by atoms with E-state index < -0.39 is 0 Å². The molecule has 2 aromatic rings. The van der Waals surface area contributed by atoms with Gasteiger partial charge in [-0.3, -0.25) is 0 Å². The van der Waals surface area contributed by atoms with E-state index in [2.05, 4.69) is 35.9 Å². The fourth-order valence-electron chi connectivity index (χ4n) is 1.72. The molecule has 0 N–H and O–H groups in total. The molecule has 0 atom stereocenters. The summed E-state index contributed by atoms with van der Waals surface area (Å²) < 4.78 is 0. The molecule has 0 aromatic carbocycles. The van der Waals surface area contributed by atoms with Gasteiger partial charge < -0.3 is 0 Å². The van der Waals surface area contributed by atoms with E-state index in [9.17, 15) is 0 Å². The first-order chi connectivity index (χ1) is 7.42. The normalized spacial score (nSPS) is 10.7. The van der Waals surface area contributed by atoms with Crippen LogP contribution in [0.1, 0.15) is 31.7 Å². The molecule has 2 aromatic heterocycles. The molecule has 0 unspecified atom stereocenters.